The SMILES string of the molecule is [B][C@H]1CC(C)=C(CO)[C@@H]([C@](C)(CC)CCC)O1. The van der Waals surface area contributed by atoms with E-state index in [4.69, 9.17) is 12.6 Å². The van der Waals surface area contributed by atoms with Crippen LogP contribution in [0.2, 0.25) is 0 Å². The Kier molecular flexibility index (Phi) is 5.27. The molecule has 0 spiro atoms. The van der Waals surface area contributed by atoms with Gasteiger partial charge in [-0.3, -0.25) is 0 Å². The van der Waals surface area contributed by atoms with Gasteiger partial charge in [0.15, 0.2) is 0 Å². The van der Waals surface area contributed by atoms with Crippen LogP contribution in [0.5, 0.6) is 0 Å². The summed E-state index contributed by atoms with van der Waals surface area (Å²) in [4.78, 5) is 0. The molecule has 0 amide bonds. The molecule has 1 aliphatic rings. The summed E-state index contributed by atoms with van der Waals surface area (Å²) in [6.45, 7) is 8.75. The molecule has 17 heavy (non-hydrogen) atoms. The molecule has 3 heteroatoms. The van der Waals surface area contributed by atoms with Crippen LogP contribution in [0.15, 0.2) is 11.1 Å². The van der Waals surface area contributed by atoms with Crippen molar-refractivity contribution in [3.8, 4) is 0 Å². The van der Waals surface area contributed by atoms with Gasteiger partial charge in [0.05, 0.1) is 12.7 Å². The first-order chi connectivity index (χ1) is 7.98. The Bertz CT molecular complexity index is 288. The Morgan fingerprint density at radius 3 is 2.59 bits per heavy atom. The van der Waals surface area contributed by atoms with Crippen molar-refractivity contribution in [3.63, 3.8) is 0 Å². The maximum atomic E-state index is 9.57. The largest absolute Gasteiger partial charge is 0.392 e. The monoisotopic (exact) mass is 236 g/mol. The van der Waals surface area contributed by atoms with Crippen LogP contribution in [0.1, 0.15) is 53.4 Å². The lowest BCUT2D eigenvalue weighted by molar-refractivity contribution is -0.0466. The Morgan fingerprint density at radius 2 is 2.12 bits per heavy atom. The van der Waals surface area contributed by atoms with Crippen molar-refractivity contribution in [1.82, 2.24) is 0 Å². The molecule has 2 radical (unpaired) electrons. The Labute approximate surface area is 107 Å². The molecule has 0 saturated carbocycles. The molecule has 96 valence electrons. The first kappa shape index (κ1) is 14.8. The number of hydrogen-bond acceptors (Lipinski definition) is 2. The Hall–Kier alpha value is -0.275. The van der Waals surface area contributed by atoms with Crippen molar-refractivity contribution in [2.24, 2.45) is 5.41 Å². The molecule has 1 rings (SSSR count). The smallest absolute Gasteiger partial charge is 0.109 e. The number of aliphatic hydroxyl groups excluding tert-OH is 1. The molecule has 3 atom stereocenters. The van der Waals surface area contributed by atoms with Gasteiger partial charge in [0.25, 0.3) is 0 Å². The second kappa shape index (κ2) is 6.06. The highest BCUT2D eigenvalue weighted by atomic mass is 16.5. The third kappa shape index (κ3) is 3.14. The number of aliphatic hydroxyl groups is 1. The van der Waals surface area contributed by atoms with E-state index in [9.17, 15) is 5.11 Å². The van der Waals surface area contributed by atoms with Gasteiger partial charge in [-0.1, -0.05) is 32.8 Å². The van der Waals surface area contributed by atoms with Crippen LogP contribution in [-0.4, -0.2) is 31.7 Å². The normalized spacial score (nSPS) is 29.2. The fourth-order valence-electron chi connectivity index (χ4n) is 2.83. The first-order valence-electron chi connectivity index (χ1n) is 6.68. The molecule has 0 bridgehead atoms. The number of ether oxygens (including phenoxy) is 1. The van der Waals surface area contributed by atoms with Crippen molar-refractivity contribution in [2.75, 3.05) is 6.61 Å². The van der Waals surface area contributed by atoms with Gasteiger partial charge >= 0.3 is 0 Å². The second-order valence-corrected chi connectivity index (χ2v) is 5.48. The van der Waals surface area contributed by atoms with Crippen LogP contribution in [0.4, 0.5) is 0 Å². The van der Waals surface area contributed by atoms with Crippen LogP contribution in [0.25, 0.3) is 0 Å². The van der Waals surface area contributed by atoms with E-state index in [1.807, 2.05) is 0 Å². The first-order valence-corrected chi connectivity index (χ1v) is 6.68. The van der Waals surface area contributed by atoms with Crippen molar-refractivity contribution in [3.05, 3.63) is 11.1 Å². The van der Waals surface area contributed by atoms with Crippen molar-refractivity contribution >= 4 is 7.85 Å². The standard InChI is InChI=1S/C14H25BO2/c1-5-7-14(4,6-2)13-11(9-16)10(3)8-12(15)17-13/h12-13,16H,5-9H2,1-4H3/t12-,13+,14-/m1/s1. The van der Waals surface area contributed by atoms with E-state index in [-0.39, 0.29) is 24.1 Å². The highest BCUT2D eigenvalue weighted by molar-refractivity contribution is 6.11. The van der Waals surface area contributed by atoms with Crippen LogP contribution in [0.3, 0.4) is 0 Å². The van der Waals surface area contributed by atoms with Crippen LogP contribution >= 0.6 is 0 Å². The van der Waals surface area contributed by atoms with Crippen molar-refractivity contribution < 1.29 is 9.84 Å². The average molecular weight is 236 g/mol. The lowest BCUT2D eigenvalue weighted by atomic mass is 9.71. The van der Waals surface area contributed by atoms with Crippen molar-refractivity contribution in [1.29, 1.82) is 0 Å². The molecule has 1 N–H and O–H groups in total. The fraction of sp³-hybridized carbons (Fsp3) is 0.857. The number of rotatable bonds is 5. The second-order valence-electron chi connectivity index (χ2n) is 5.48. The zero-order chi connectivity index (χ0) is 13.1. The maximum absolute atomic E-state index is 9.57. The molecular formula is C14H25BO2. The molecule has 0 aromatic carbocycles. The van der Waals surface area contributed by atoms with E-state index >= 15 is 0 Å². The molecule has 1 aliphatic heterocycles. The maximum Gasteiger partial charge on any atom is 0.109 e. The Morgan fingerprint density at radius 1 is 1.47 bits per heavy atom. The van der Waals surface area contributed by atoms with Gasteiger partial charge in [0.2, 0.25) is 0 Å². The van der Waals surface area contributed by atoms with Gasteiger partial charge < -0.3 is 9.84 Å². The summed E-state index contributed by atoms with van der Waals surface area (Å²) in [6, 6.07) is -0.224. The molecule has 0 aromatic rings. The van der Waals surface area contributed by atoms with Gasteiger partial charge in [0, 0.05) is 6.00 Å². The molecule has 0 aliphatic carbocycles. The zero-order valence-corrected chi connectivity index (χ0v) is 11.6. The van der Waals surface area contributed by atoms with Gasteiger partial charge in [-0.15, -0.1) is 0 Å². The van der Waals surface area contributed by atoms with Crippen LogP contribution in [-0.2, 0) is 4.74 Å². The van der Waals surface area contributed by atoms with Crippen LogP contribution in [0, 0.1) is 5.41 Å². The predicted molar refractivity (Wildman–Crippen MR) is 72.1 cm³/mol. The summed E-state index contributed by atoms with van der Waals surface area (Å²) in [5.74, 6) is 0. The van der Waals surface area contributed by atoms with E-state index in [0.717, 1.165) is 31.3 Å². The summed E-state index contributed by atoms with van der Waals surface area (Å²) in [6.07, 6.45) is 3.96. The minimum atomic E-state index is -0.224. The van der Waals surface area contributed by atoms with Crippen molar-refractivity contribution in [2.45, 2.75) is 65.5 Å². The van der Waals surface area contributed by atoms with Crippen LogP contribution < -0.4 is 0 Å². The molecule has 2 nitrogen and oxygen atoms in total. The average Bonchev–Trinajstić information content (AvgIpc) is 2.28. The highest BCUT2D eigenvalue weighted by Gasteiger charge is 2.38. The minimum absolute atomic E-state index is 0.0267. The topological polar surface area (TPSA) is 29.5 Å². The van der Waals surface area contributed by atoms with Gasteiger partial charge in [-0.25, -0.2) is 0 Å². The Balaban J connectivity index is 3.03. The molecule has 1 heterocycles. The lowest BCUT2D eigenvalue weighted by Gasteiger charge is -2.43. The molecular weight excluding hydrogens is 211 g/mol. The van der Waals surface area contributed by atoms with E-state index in [1.165, 1.54) is 5.57 Å². The molecule has 0 unspecified atom stereocenters. The quantitative estimate of drug-likeness (QED) is 0.587. The van der Waals surface area contributed by atoms with E-state index < -0.39 is 0 Å². The molecule has 0 saturated heterocycles. The summed E-state index contributed by atoms with van der Waals surface area (Å²) in [5.41, 5.74) is 2.32. The minimum Gasteiger partial charge on any atom is -0.392 e. The predicted octanol–water partition coefficient (Wildman–Crippen LogP) is 2.80. The lowest BCUT2D eigenvalue weighted by Crippen LogP contribution is -2.43. The summed E-state index contributed by atoms with van der Waals surface area (Å²) >= 11 is 0. The summed E-state index contributed by atoms with van der Waals surface area (Å²) in [7, 11) is 5.94. The molecule has 0 aromatic heterocycles. The van der Waals surface area contributed by atoms with Gasteiger partial charge in [-0.2, -0.15) is 0 Å². The fourth-order valence-corrected chi connectivity index (χ4v) is 2.83. The van der Waals surface area contributed by atoms with E-state index in [1.54, 1.807) is 0 Å². The summed E-state index contributed by atoms with van der Waals surface area (Å²) in [5, 5.41) is 9.57. The van der Waals surface area contributed by atoms with E-state index in [2.05, 4.69) is 27.7 Å². The van der Waals surface area contributed by atoms with Gasteiger partial charge in [0.1, 0.15) is 7.85 Å². The number of hydrogen-bond donors (Lipinski definition) is 1. The van der Waals surface area contributed by atoms with Gasteiger partial charge in [-0.05, 0) is 37.2 Å². The highest BCUT2D eigenvalue weighted by Crippen LogP contribution is 2.41. The summed E-state index contributed by atoms with van der Waals surface area (Å²) < 4.78 is 5.93. The van der Waals surface area contributed by atoms with E-state index in [0.29, 0.717) is 0 Å². The molecule has 0 fully saturated rings. The third-order valence-corrected chi connectivity index (χ3v) is 4.12. The third-order valence-electron chi connectivity index (χ3n) is 4.12. The zero-order valence-electron chi connectivity index (χ0n) is 11.6.